The molecule has 22 heavy (non-hydrogen) atoms. The second-order valence-electron chi connectivity index (χ2n) is 4.72. The third-order valence-electron chi connectivity index (χ3n) is 3.18. The first kappa shape index (κ1) is 14.1. The van der Waals surface area contributed by atoms with Gasteiger partial charge < -0.3 is 9.73 Å². The van der Waals surface area contributed by atoms with E-state index in [0.29, 0.717) is 24.7 Å². The van der Waals surface area contributed by atoms with Crippen molar-refractivity contribution < 1.29 is 9.21 Å². The lowest BCUT2D eigenvalue weighted by Crippen LogP contribution is -2.15. The molecule has 2 heterocycles. The lowest BCUT2D eigenvalue weighted by molar-refractivity contribution is 0.0895. The van der Waals surface area contributed by atoms with Crippen molar-refractivity contribution in [1.29, 1.82) is 0 Å². The van der Waals surface area contributed by atoms with Crippen molar-refractivity contribution in [2.24, 2.45) is 0 Å². The number of hydrogen-bond acceptors (Lipinski definition) is 5. The molecule has 0 aliphatic carbocycles. The highest BCUT2D eigenvalue weighted by Crippen LogP contribution is 2.18. The lowest BCUT2D eigenvalue weighted by Gasteiger charge is -2.04. The molecule has 0 radical (unpaired) electrons. The first-order valence-corrected chi connectivity index (χ1v) is 7.10. The van der Waals surface area contributed by atoms with Gasteiger partial charge in [-0.3, -0.25) is 4.79 Å². The predicted octanol–water partition coefficient (Wildman–Crippen LogP) is 3.20. The molecule has 0 spiro atoms. The summed E-state index contributed by atoms with van der Waals surface area (Å²) < 4.78 is 6.58. The molecular formula is C16H16N4O2. The molecule has 0 fully saturated rings. The Balaban J connectivity index is 1.89. The van der Waals surface area contributed by atoms with Crippen LogP contribution in [0.2, 0.25) is 0 Å². The van der Waals surface area contributed by atoms with Crippen LogP contribution >= 0.6 is 0 Å². The minimum absolute atomic E-state index is 0.114. The summed E-state index contributed by atoms with van der Waals surface area (Å²) in [6.45, 7) is 2.24. The fraction of sp³-hybridized carbons (Fsp3) is 0.188. The molecule has 6 nitrogen and oxygen atoms in total. The van der Waals surface area contributed by atoms with Gasteiger partial charge >= 0.3 is 0 Å². The van der Waals surface area contributed by atoms with Crippen LogP contribution in [0.5, 0.6) is 0 Å². The molecule has 2 aromatic heterocycles. The smallest absolute Gasteiger partial charge is 0.249 e. The molecule has 3 aromatic rings. The Kier molecular flexibility index (Phi) is 4.00. The summed E-state index contributed by atoms with van der Waals surface area (Å²) in [5.74, 6) is 1.59. The van der Waals surface area contributed by atoms with E-state index in [9.17, 15) is 4.79 Å². The van der Waals surface area contributed by atoms with Gasteiger partial charge in [0.15, 0.2) is 5.82 Å². The Labute approximate surface area is 127 Å². The maximum Gasteiger partial charge on any atom is 0.249 e. The number of carbonyl (C=O) groups excluding carboxylic acids is 1. The van der Waals surface area contributed by atoms with Crippen molar-refractivity contribution in [3.05, 3.63) is 54.5 Å². The van der Waals surface area contributed by atoms with Gasteiger partial charge in [-0.15, -0.1) is 5.10 Å². The minimum Gasteiger partial charge on any atom is -0.467 e. The molecule has 0 bridgehead atoms. The number of nitrogens with zero attached hydrogens (tertiary/aromatic N) is 3. The molecule has 112 valence electrons. The number of nitrogens with one attached hydrogen (secondary N) is 1. The Hall–Kier alpha value is -2.89. The largest absolute Gasteiger partial charge is 0.467 e. The SMILES string of the molecule is CCC(=O)n1nc(-c2ccccc2)nc1NCc1ccco1. The Morgan fingerprint density at radius 3 is 2.73 bits per heavy atom. The van der Waals surface area contributed by atoms with Crippen molar-refractivity contribution in [3.8, 4) is 11.4 Å². The van der Waals surface area contributed by atoms with Gasteiger partial charge in [-0.1, -0.05) is 37.3 Å². The third-order valence-corrected chi connectivity index (χ3v) is 3.18. The fourth-order valence-electron chi connectivity index (χ4n) is 2.04. The first-order chi connectivity index (χ1) is 10.8. The van der Waals surface area contributed by atoms with E-state index >= 15 is 0 Å². The molecule has 6 heteroatoms. The number of aromatic nitrogens is 3. The number of hydrogen-bond donors (Lipinski definition) is 1. The van der Waals surface area contributed by atoms with E-state index in [2.05, 4.69) is 15.4 Å². The van der Waals surface area contributed by atoms with Crippen LogP contribution in [-0.4, -0.2) is 20.7 Å². The molecule has 0 amide bonds. The van der Waals surface area contributed by atoms with Crippen LogP contribution in [0, 0.1) is 0 Å². The number of anilines is 1. The van der Waals surface area contributed by atoms with Crippen LogP contribution in [0.25, 0.3) is 11.4 Å². The van der Waals surface area contributed by atoms with Crippen LogP contribution in [0.1, 0.15) is 23.9 Å². The fourth-order valence-corrected chi connectivity index (χ4v) is 2.04. The van der Waals surface area contributed by atoms with Crippen LogP contribution in [0.3, 0.4) is 0 Å². The summed E-state index contributed by atoms with van der Waals surface area (Å²) in [5, 5.41) is 7.41. The van der Waals surface area contributed by atoms with Gasteiger partial charge in [-0.05, 0) is 12.1 Å². The van der Waals surface area contributed by atoms with E-state index in [1.807, 2.05) is 42.5 Å². The van der Waals surface area contributed by atoms with E-state index in [1.54, 1.807) is 13.2 Å². The average molecular weight is 296 g/mol. The molecule has 3 rings (SSSR count). The van der Waals surface area contributed by atoms with Gasteiger partial charge in [0.1, 0.15) is 5.76 Å². The van der Waals surface area contributed by atoms with Crippen molar-refractivity contribution in [2.45, 2.75) is 19.9 Å². The van der Waals surface area contributed by atoms with Crippen molar-refractivity contribution in [1.82, 2.24) is 14.8 Å². The summed E-state index contributed by atoms with van der Waals surface area (Å²) in [6.07, 6.45) is 1.96. The normalized spacial score (nSPS) is 10.6. The minimum atomic E-state index is -0.114. The van der Waals surface area contributed by atoms with E-state index in [-0.39, 0.29) is 5.91 Å². The standard InChI is InChI=1S/C16H16N4O2/c1-2-14(21)20-16(17-11-13-9-6-10-22-13)18-15(19-20)12-7-4-3-5-8-12/h3-10H,2,11H2,1H3,(H,17,18,19). The van der Waals surface area contributed by atoms with Crippen molar-refractivity contribution >= 4 is 11.9 Å². The Bertz CT molecular complexity index is 748. The highest BCUT2D eigenvalue weighted by Gasteiger charge is 2.16. The predicted molar refractivity (Wildman–Crippen MR) is 82.4 cm³/mol. The number of benzene rings is 1. The van der Waals surface area contributed by atoms with Gasteiger partial charge in [0.25, 0.3) is 0 Å². The number of rotatable bonds is 5. The topological polar surface area (TPSA) is 73.0 Å². The zero-order valence-electron chi connectivity index (χ0n) is 12.2. The summed E-state index contributed by atoms with van der Waals surface area (Å²) >= 11 is 0. The van der Waals surface area contributed by atoms with Crippen molar-refractivity contribution in [3.63, 3.8) is 0 Å². The monoisotopic (exact) mass is 296 g/mol. The molecule has 0 unspecified atom stereocenters. The molecule has 0 atom stereocenters. The second kappa shape index (κ2) is 6.26. The lowest BCUT2D eigenvalue weighted by atomic mass is 10.2. The maximum atomic E-state index is 12.0. The highest BCUT2D eigenvalue weighted by molar-refractivity contribution is 5.81. The molecule has 0 aliphatic rings. The van der Waals surface area contributed by atoms with E-state index in [1.165, 1.54) is 4.68 Å². The van der Waals surface area contributed by atoms with Crippen LogP contribution in [0.4, 0.5) is 5.95 Å². The van der Waals surface area contributed by atoms with Crippen LogP contribution < -0.4 is 5.32 Å². The van der Waals surface area contributed by atoms with Crippen molar-refractivity contribution in [2.75, 3.05) is 5.32 Å². The summed E-state index contributed by atoms with van der Waals surface area (Å²) in [6, 6.07) is 13.2. The summed E-state index contributed by atoms with van der Waals surface area (Å²) in [5.41, 5.74) is 0.867. The quantitative estimate of drug-likeness (QED) is 0.782. The van der Waals surface area contributed by atoms with Gasteiger partial charge in [0, 0.05) is 12.0 Å². The number of furan rings is 1. The van der Waals surface area contributed by atoms with E-state index in [4.69, 9.17) is 4.42 Å². The first-order valence-electron chi connectivity index (χ1n) is 7.10. The van der Waals surface area contributed by atoms with E-state index < -0.39 is 0 Å². The third kappa shape index (κ3) is 2.90. The Morgan fingerprint density at radius 1 is 1.23 bits per heavy atom. The molecule has 0 saturated carbocycles. The van der Waals surface area contributed by atoms with Gasteiger partial charge in [-0.2, -0.15) is 9.67 Å². The maximum absolute atomic E-state index is 12.0. The molecule has 1 N–H and O–H groups in total. The molecule has 0 aliphatic heterocycles. The number of carbonyl (C=O) groups is 1. The van der Waals surface area contributed by atoms with E-state index in [0.717, 1.165) is 11.3 Å². The zero-order chi connectivity index (χ0) is 15.4. The molecule has 0 saturated heterocycles. The van der Waals surface area contributed by atoms with Gasteiger partial charge in [-0.25, -0.2) is 0 Å². The van der Waals surface area contributed by atoms with Crippen LogP contribution in [0.15, 0.2) is 53.1 Å². The van der Waals surface area contributed by atoms with Gasteiger partial charge in [0.05, 0.1) is 12.8 Å². The average Bonchev–Trinajstić information content (AvgIpc) is 3.22. The summed E-state index contributed by atoms with van der Waals surface area (Å²) in [4.78, 5) is 16.5. The Morgan fingerprint density at radius 2 is 2.05 bits per heavy atom. The highest BCUT2D eigenvalue weighted by atomic mass is 16.3. The molecular weight excluding hydrogens is 280 g/mol. The second-order valence-corrected chi connectivity index (χ2v) is 4.72. The summed E-state index contributed by atoms with van der Waals surface area (Å²) in [7, 11) is 0. The molecule has 1 aromatic carbocycles. The van der Waals surface area contributed by atoms with Gasteiger partial charge in [0.2, 0.25) is 11.9 Å². The van der Waals surface area contributed by atoms with Crippen LogP contribution in [-0.2, 0) is 6.54 Å². The zero-order valence-corrected chi connectivity index (χ0v) is 12.2.